The number of aryl methyl sites for hydroxylation is 2. The van der Waals surface area contributed by atoms with Crippen molar-refractivity contribution in [3.05, 3.63) is 59.2 Å². The van der Waals surface area contributed by atoms with Gasteiger partial charge in [-0.15, -0.1) is 11.8 Å². The summed E-state index contributed by atoms with van der Waals surface area (Å²) in [6.07, 6.45) is 0. The molecule has 2 aromatic carbocycles. The molecule has 0 heterocycles. The lowest BCUT2D eigenvalue weighted by Gasteiger charge is -2.13. The molecular formula is C19H21NO2S. The summed E-state index contributed by atoms with van der Waals surface area (Å²) in [5.74, 6) is -0.0341. The summed E-state index contributed by atoms with van der Waals surface area (Å²) in [6.45, 7) is 7.50. The normalized spacial score (nSPS) is 11.8. The molecule has 1 unspecified atom stereocenters. The molecule has 0 aliphatic heterocycles. The minimum absolute atomic E-state index is 0.0882. The van der Waals surface area contributed by atoms with E-state index in [1.54, 1.807) is 36.0 Å². The number of carbonyl (C=O) groups is 2. The number of Topliss-reactive ketones (excluding diaryl/α,β-unsaturated/α-hetero) is 1. The minimum atomic E-state index is -0.165. The van der Waals surface area contributed by atoms with Crippen LogP contribution in [-0.2, 0) is 4.79 Å². The van der Waals surface area contributed by atoms with Crippen molar-refractivity contribution < 1.29 is 9.59 Å². The van der Waals surface area contributed by atoms with Crippen LogP contribution in [0.1, 0.15) is 35.3 Å². The third-order valence-corrected chi connectivity index (χ3v) is 4.77. The summed E-state index contributed by atoms with van der Waals surface area (Å²) in [5, 5.41) is 2.53. The standard InChI is InChI=1S/C19H21NO2S/c1-12-5-6-13(2)18(11-12)23-14(3)19(22)16-7-9-17(10-8-16)20-15(4)21/h5-11,14H,1-4H3,(H,20,21). The molecule has 1 atom stereocenters. The van der Waals surface area contributed by atoms with Gasteiger partial charge >= 0.3 is 0 Å². The van der Waals surface area contributed by atoms with Crippen molar-refractivity contribution in [3.63, 3.8) is 0 Å². The Labute approximate surface area is 141 Å². The van der Waals surface area contributed by atoms with Gasteiger partial charge in [0.25, 0.3) is 0 Å². The van der Waals surface area contributed by atoms with Gasteiger partial charge in [-0.25, -0.2) is 0 Å². The first-order valence-corrected chi connectivity index (χ1v) is 8.40. The number of carbonyl (C=O) groups excluding carboxylic acids is 2. The molecular weight excluding hydrogens is 306 g/mol. The third kappa shape index (κ3) is 4.70. The summed E-state index contributed by atoms with van der Waals surface area (Å²) >= 11 is 1.58. The summed E-state index contributed by atoms with van der Waals surface area (Å²) in [4.78, 5) is 24.7. The SMILES string of the molecule is CC(=O)Nc1ccc(C(=O)C(C)Sc2cc(C)ccc2C)cc1. The van der Waals surface area contributed by atoms with Gasteiger partial charge < -0.3 is 5.32 Å². The first kappa shape index (κ1) is 17.3. The minimum Gasteiger partial charge on any atom is -0.326 e. The molecule has 0 bridgehead atoms. The predicted molar refractivity (Wildman–Crippen MR) is 96.3 cm³/mol. The lowest BCUT2D eigenvalue weighted by Crippen LogP contribution is -2.14. The van der Waals surface area contributed by atoms with Gasteiger partial charge in [0, 0.05) is 23.1 Å². The van der Waals surface area contributed by atoms with E-state index in [-0.39, 0.29) is 16.9 Å². The second kappa shape index (κ2) is 7.47. The second-order valence-electron chi connectivity index (χ2n) is 5.65. The number of hydrogen-bond acceptors (Lipinski definition) is 3. The second-order valence-corrected chi connectivity index (χ2v) is 7.03. The Morgan fingerprint density at radius 1 is 1.04 bits per heavy atom. The maximum absolute atomic E-state index is 12.6. The molecule has 0 fully saturated rings. The Hall–Kier alpha value is -2.07. The molecule has 0 aliphatic rings. The molecule has 1 amide bonds. The number of thioether (sulfide) groups is 1. The lowest BCUT2D eigenvalue weighted by atomic mass is 10.1. The predicted octanol–water partition coefficient (Wildman–Crippen LogP) is 4.63. The highest BCUT2D eigenvalue weighted by Gasteiger charge is 2.17. The van der Waals surface area contributed by atoms with E-state index in [9.17, 15) is 9.59 Å². The van der Waals surface area contributed by atoms with Crippen LogP contribution in [0, 0.1) is 13.8 Å². The molecule has 0 aliphatic carbocycles. The monoisotopic (exact) mass is 327 g/mol. The van der Waals surface area contributed by atoms with E-state index in [0.717, 1.165) is 4.90 Å². The number of benzene rings is 2. The Kier molecular flexibility index (Phi) is 5.61. The van der Waals surface area contributed by atoms with Crippen molar-refractivity contribution >= 4 is 29.1 Å². The van der Waals surface area contributed by atoms with Crippen LogP contribution in [0.3, 0.4) is 0 Å². The van der Waals surface area contributed by atoms with Crippen molar-refractivity contribution in [2.75, 3.05) is 5.32 Å². The van der Waals surface area contributed by atoms with Crippen molar-refractivity contribution in [2.45, 2.75) is 37.8 Å². The van der Waals surface area contributed by atoms with E-state index >= 15 is 0 Å². The number of anilines is 1. The molecule has 0 radical (unpaired) electrons. The maximum atomic E-state index is 12.6. The van der Waals surface area contributed by atoms with E-state index in [1.807, 2.05) is 6.92 Å². The third-order valence-electron chi connectivity index (χ3n) is 3.51. The van der Waals surface area contributed by atoms with E-state index in [0.29, 0.717) is 11.3 Å². The molecule has 1 N–H and O–H groups in total. The Morgan fingerprint density at radius 2 is 1.70 bits per heavy atom. The molecule has 4 heteroatoms. The van der Waals surface area contributed by atoms with Gasteiger partial charge in [-0.1, -0.05) is 17.7 Å². The van der Waals surface area contributed by atoms with Gasteiger partial charge in [-0.3, -0.25) is 9.59 Å². The average molecular weight is 327 g/mol. The van der Waals surface area contributed by atoms with Gasteiger partial charge in [0.1, 0.15) is 0 Å². The molecule has 0 saturated carbocycles. The molecule has 0 saturated heterocycles. The number of ketones is 1. The van der Waals surface area contributed by atoms with Crippen LogP contribution in [0.4, 0.5) is 5.69 Å². The van der Waals surface area contributed by atoms with Crippen LogP contribution in [0.25, 0.3) is 0 Å². The zero-order valence-electron chi connectivity index (χ0n) is 13.8. The van der Waals surface area contributed by atoms with Crippen LogP contribution in [-0.4, -0.2) is 16.9 Å². The zero-order chi connectivity index (χ0) is 17.0. The topological polar surface area (TPSA) is 46.2 Å². The molecule has 0 aromatic heterocycles. The van der Waals surface area contributed by atoms with Gasteiger partial charge in [0.2, 0.25) is 5.91 Å². The summed E-state index contributed by atoms with van der Waals surface area (Å²) < 4.78 is 0. The Balaban J connectivity index is 2.10. The highest BCUT2D eigenvalue weighted by atomic mass is 32.2. The van der Waals surface area contributed by atoms with E-state index in [2.05, 4.69) is 37.4 Å². The number of rotatable bonds is 5. The van der Waals surface area contributed by atoms with Crippen molar-refractivity contribution in [3.8, 4) is 0 Å². The summed E-state index contributed by atoms with van der Waals surface area (Å²) in [7, 11) is 0. The maximum Gasteiger partial charge on any atom is 0.221 e. The van der Waals surface area contributed by atoms with Gasteiger partial charge in [0.05, 0.1) is 5.25 Å². The highest BCUT2D eigenvalue weighted by Crippen LogP contribution is 2.29. The Bertz CT molecular complexity index is 723. The van der Waals surface area contributed by atoms with Crippen LogP contribution in [0.2, 0.25) is 0 Å². The fraction of sp³-hybridized carbons (Fsp3) is 0.263. The van der Waals surface area contributed by atoms with E-state index in [1.165, 1.54) is 18.1 Å². The van der Waals surface area contributed by atoms with Crippen molar-refractivity contribution in [1.29, 1.82) is 0 Å². The van der Waals surface area contributed by atoms with Crippen molar-refractivity contribution in [2.24, 2.45) is 0 Å². The van der Waals surface area contributed by atoms with Crippen molar-refractivity contribution in [1.82, 2.24) is 0 Å². The first-order chi connectivity index (χ1) is 10.9. The van der Waals surface area contributed by atoms with Gasteiger partial charge in [0.15, 0.2) is 5.78 Å². The van der Waals surface area contributed by atoms with Crippen LogP contribution in [0.15, 0.2) is 47.4 Å². The first-order valence-electron chi connectivity index (χ1n) is 7.52. The lowest BCUT2D eigenvalue weighted by molar-refractivity contribution is -0.114. The average Bonchev–Trinajstić information content (AvgIpc) is 2.50. The molecule has 0 spiro atoms. The molecule has 23 heavy (non-hydrogen) atoms. The molecule has 2 aromatic rings. The highest BCUT2D eigenvalue weighted by molar-refractivity contribution is 8.00. The number of nitrogens with one attached hydrogen (secondary N) is 1. The van der Waals surface area contributed by atoms with E-state index < -0.39 is 0 Å². The fourth-order valence-corrected chi connectivity index (χ4v) is 3.37. The molecule has 3 nitrogen and oxygen atoms in total. The smallest absolute Gasteiger partial charge is 0.221 e. The summed E-state index contributed by atoms with van der Waals surface area (Å²) in [5.41, 5.74) is 3.73. The Morgan fingerprint density at radius 3 is 2.30 bits per heavy atom. The van der Waals surface area contributed by atoms with Crippen LogP contribution in [0.5, 0.6) is 0 Å². The zero-order valence-corrected chi connectivity index (χ0v) is 14.7. The fourth-order valence-electron chi connectivity index (χ4n) is 2.23. The van der Waals surface area contributed by atoms with E-state index in [4.69, 9.17) is 0 Å². The summed E-state index contributed by atoms with van der Waals surface area (Å²) in [6, 6.07) is 13.3. The van der Waals surface area contributed by atoms with Crippen LogP contribution >= 0.6 is 11.8 Å². The van der Waals surface area contributed by atoms with Gasteiger partial charge in [-0.05, 0) is 56.7 Å². The molecule has 2 rings (SSSR count). The van der Waals surface area contributed by atoms with Gasteiger partial charge in [-0.2, -0.15) is 0 Å². The number of amides is 1. The van der Waals surface area contributed by atoms with Crippen LogP contribution < -0.4 is 5.32 Å². The molecule has 120 valence electrons. The quantitative estimate of drug-likeness (QED) is 0.643. The largest absolute Gasteiger partial charge is 0.326 e. The number of hydrogen-bond donors (Lipinski definition) is 1.